The van der Waals surface area contributed by atoms with E-state index in [2.05, 4.69) is 10.2 Å². The minimum absolute atomic E-state index is 0.0274. The van der Waals surface area contributed by atoms with Crippen molar-refractivity contribution >= 4 is 35.1 Å². The maximum Gasteiger partial charge on any atom is 0.267 e. The second-order valence-corrected chi connectivity index (χ2v) is 7.92. The highest BCUT2D eigenvalue weighted by Crippen LogP contribution is 2.35. The molecule has 0 radical (unpaired) electrons. The summed E-state index contributed by atoms with van der Waals surface area (Å²) >= 11 is 1.21. The predicted octanol–water partition coefficient (Wildman–Crippen LogP) is 4.51. The Hall–Kier alpha value is -3.98. The number of amides is 1. The number of carbonyl (C=O) groups is 1. The number of rotatable bonds is 7. The van der Waals surface area contributed by atoms with Gasteiger partial charge in [0.15, 0.2) is 16.7 Å². The molecule has 8 nitrogen and oxygen atoms in total. The van der Waals surface area contributed by atoms with Crippen molar-refractivity contribution in [3.05, 3.63) is 82.7 Å². The molecule has 0 unspecified atom stereocenters. The van der Waals surface area contributed by atoms with Gasteiger partial charge in [-0.2, -0.15) is 5.10 Å². The normalized spacial score (nSPS) is 16.3. The molecule has 2 aromatic carbocycles. The zero-order valence-corrected chi connectivity index (χ0v) is 18.8. The summed E-state index contributed by atoms with van der Waals surface area (Å²) in [6, 6.07) is 15.8. The Kier molecular flexibility index (Phi) is 6.80. The summed E-state index contributed by atoms with van der Waals surface area (Å²) in [6.07, 6.45) is 4.88. The Morgan fingerprint density at radius 1 is 1.09 bits per heavy atom. The van der Waals surface area contributed by atoms with Crippen LogP contribution in [0.2, 0.25) is 0 Å². The van der Waals surface area contributed by atoms with Crippen molar-refractivity contribution in [3.63, 3.8) is 0 Å². The molecule has 1 aliphatic rings. The molecular formula is C24H21N3O5S. The lowest BCUT2D eigenvalue weighted by Gasteiger charge is -2.12. The summed E-state index contributed by atoms with van der Waals surface area (Å²) < 4.78 is 15.7. The Bertz CT molecular complexity index is 1220. The lowest BCUT2D eigenvalue weighted by atomic mass is 10.2. The average molecular weight is 464 g/mol. The Morgan fingerprint density at radius 3 is 2.58 bits per heavy atom. The number of hydrogen-bond acceptors (Lipinski definition) is 8. The number of aromatic hydroxyl groups is 1. The zero-order valence-electron chi connectivity index (χ0n) is 18.0. The van der Waals surface area contributed by atoms with Crippen LogP contribution >= 0.6 is 11.8 Å². The average Bonchev–Trinajstić information content (AvgIpc) is 3.45. The van der Waals surface area contributed by atoms with Crippen molar-refractivity contribution < 1.29 is 23.8 Å². The van der Waals surface area contributed by atoms with E-state index in [1.165, 1.54) is 29.8 Å². The quantitative estimate of drug-likeness (QED) is 0.315. The van der Waals surface area contributed by atoms with E-state index < -0.39 is 0 Å². The molecule has 0 bridgehead atoms. The van der Waals surface area contributed by atoms with Gasteiger partial charge in [0.05, 0.1) is 38.1 Å². The van der Waals surface area contributed by atoms with Crippen molar-refractivity contribution in [3.8, 4) is 17.2 Å². The summed E-state index contributed by atoms with van der Waals surface area (Å²) in [6.45, 7) is 0.228. The van der Waals surface area contributed by atoms with E-state index >= 15 is 0 Å². The molecule has 1 aromatic heterocycles. The molecule has 3 aromatic rings. The van der Waals surface area contributed by atoms with Crippen LogP contribution in [0, 0.1) is 0 Å². The van der Waals surface area contributed by atoms with Crippen molar-refractivity contribution in [2.45, 2.75) is 6.54 Å². The van der Waals surface area contributed by atoms with Crippen molar-refractivity contribution in [2.24, 2.45) is 10.2 Å². The highest BCUT2D eigenvalue weighted by Gasteiger charge is 2.34. The van der Waals surface area contributed by atoms with Gasteiger partial charge >= 0.3 is 0 Å². The lowest BCUT2D eigenvalue weighted by Crippen LogP contribution is -2.28. The van der Waals surface area contributed by atoms with Crippen LogP contribution in [0.25, 0.3) is 6.08 Å². The predicted molar refractivity (Wildman–Crippen MR) is 128 cm³/mol. The van der Waals surface area contributed by atoms with Crippen LogP contribution in [0.1, 0.15) is 16.9 Å². The molecule has 1 N–H and O–H groups in total. The maximum absolute atomic E-state index is 13.1. The van der Waals surface area contributed by atoms with Gasteiger partial charge in [0.25, 0.3) is 5.91 Å². The molecule has 0 aliphatic carbocycles. The largest absolute Gasteiger partial charge is 0.504 e. The third kappa shape index (κ3) is 5.27. The van der Waals surface area contributed by atoms with Gasteiger partial charge < -0.3 is 19.0 Å². The summed E-state index contributed by atoms with van der Waals surface area (Å²) in [7, 11) is 3.08. The first-order chi connectivity index (χ1) is 16.1. The van der Waals surface area contributed by atoms with Gasteiger partial charge in [0.1, 0.15) is 11.5 Å². The number of phenols is 1. The Morgan fingerprint density at radius 2 is 1.88 bits per heavy atom. The number of benzene rings is 2. The van der Waals surface area contributed by atoms with E-state index in [0.717, 1.165) is 11.3 Å². The van der Waals surface area contributed by atoms with E-state index in [-0.39, 0.29) is 18.2 Å². The fourth-order valence-corrected chi connectivity index (χ4v) is 3.99. The molecule has 33 heavy (non-hydrogen) atoms. The molecule has 168 valence electrons. The standard InChI is InChI=1S/C24H21N3O5S/c1-30-18-8-5-16(6-9-18)14-25-26-24-27(15-19-4-3-11-32-19)23(29)22(33-24)13-17-7-10-20(28)21(12-17)31-2/h3-14,28H,15H2,1-2H3/b22-13-,25-14-,26-24+. The van der Waals surface area contributed by atoms with Crippen LogP contribution in [-0.4, -0.2) is 41.5 Å². The third-order valence-electron chi connectivity index (χ3n) is 4.75. The molecule has 4 rings (SSSR count). The van der Waals surface area contributed by atoms with Gasteiger partial charge in [-0.05, 0) is 77.5 Å². The number of amidine groups is 1. The van der Waals surface area contributed by atoms with Gasteiger partial charge in [-0.1, -0.05) is 6.07 Å². The number of methoxy groups -OCH3 is 2. The molecule has 2 heterocycles. The molecule has 0 spiro atoms. The Labute approximate surface area is 194 Å². The lowest BCUT2D eigenvalue weighted by molar-refractivity contribution is -0.122. The smallest absolute Gasteiger partial charge is 0.267 e. The molecule has 0 atom stereocenters. The summed E-state index contributed by atoms with van der Waals surface area (Å²) in [5.41, 5.74) is 1.56. The fourth-order valence-electron chi connectivity index (χ4n) is 3.05. The Balaban J connectivity index is 1.61. The van der Waals surface area contributed by atoms with E-state index in [9.17, 15) is 9.90 Å². The molecule has 1 saturated heterocycles. The molecule has 1 fully saturated rings. The number of carbonyl (C=O) groups excluding carboxylic acids is 1. The van der Waals surface area contributed by atoms with Gasteiger partial charge in [0, 0.05) is 0 Å². The highest BCUT2D eigenvalue weighted by atomic mass is 32.2. The van der Waals surface area contributed by atoms with Gasteiger partial charge in [-0.25, -0.2) is 0 Å². The number of furan rings is 1. The van der Waals surface area contributed by atoms with Crippen LogP contribution in [0.5, 0.6) is 17.2 Å². The SMILES string of the molecule is COc1ccc(/C=N\N=C2\S/C(=C\c3ccc(O)c(OC)c3)C(=O)N2Cc2ccco2)cc1. The van der Waals surface area contributed by atoms with Crippen LogP contribution < -0.4 is 9.47 Å². The van der Waals surface area contributed by atoms with E-state index in [1.807, 2.05) is 24.3 Å². The van der Waals surface area contributed by atoms with Crippen molar-refractivity contribution in [1.82, 2.24) is 4.90 Å². The maximum atomic E-state index is 13.1. The monoisotopic (exact) mass is 463 g/mol. The second-order valence-electron chi connectivity index (χ2n) is 6.91. The van der Waals surface area contributed by atoms with Crippen LogP contribution in [0.15, 0.2) is 80.4 Å². The fraction of sp³-hybridized carbons (Fsp3) is 0.125. The van der Waals surface area contributed by atoms with E-state index in [1.54, 1.807) is 49.9 Å². The van der Waals surface area contributed by atoms with Crippen LogP contribution in [0.4, 0.5) is 0 Å². The van der Waals surface area contributed by atoms with Gasteiger partial charge in [-0.15, -0.1) is 5.10 Å². The van der Waals surface area contributed by atoms with Gasteiger partial charge in [0.2, 0.25) is 0 Å². The van der Waals surface area contributed by atoms with Crippen LogP contribution in [0.3, 0.4) is 0 Å². The minimum atomic E-state index is -0.221. The summed E-state index contributed by atoms with van der Waals surface area (Å²) in [5.74, 6) is 1.51. The molecular weight excluding hydrogens is 442 g/mol. The molecule has 1 aliphatic heterocycles. The van der Waals surface area contributed by atoms with Crippen LogP contribution in [-0.2, 0) is 11.3 Å². The molecule has 9 heteroatoms. The minimum Gasteiger partial charge on any atom is -0.504 e. The zero-order chi connectivity index (χ0) is 23.2. The molecule has 0 saturated carbocycles. The summed E-state index contributed by atoms with van der Waals surface area (Å²) in [5, 5.41) is 18.7. The number of nitrogens with zero attached hydrogens (tertiary/aromatic N) is 3. The van der Waals surface area contributed by atoms with E-state index in [4.69, 9.17) is 13.9 Å². The third-order valence-corrected chi connectivity index (χ3v) is 5.75. The second kappa shape index (κ2) is 10.1. The first-order valence-electron chi connectivity index (χ1n) is 9.93. The first-order valence-corrected chi connectivity index (χ1v) is 10.7. The van der Waals surface area contributed by atoms with E-state index in [0.29, 0.717) is 27.1 Å². The number of ether oxygens (including phenoxy) is 2. The highest BCUT2D eigenvalue weighted by molar-refractivity contribution is 8.18. The van der Waals surface area contributed by atoms with Crippen molar-refractivity contribution in [1.29, 1.82) is 0 Å². The topological polar surface area (TPSA) is 96.9 Å². The summed E-state index contributed by atoms with van der Waals surface area (Å²) in [4.78, 5) is 15.1. The van der Waals surface area contributed by atoms with Gasteiger partial charge in [-0.3, -0.25) is 9.69 Å². The first kappa shape index (κ1) is 22.2. The molecule has 1 amide bonds. The number of phenolic OH excluding ortho intramolecular Hbond substituents is 1. The number of hydrogen-bond donors (Lipinski definition) is 1. The number of thioether (sulfide) groups is 1. The van der Waals surface area contributed by atoms with Crippen molar-refractivity contribution in [2.75, 3.05) is 14.2 Å².